The first-order chi connectivity index (χ1) is 18.1. The molecule has 182 valence electrons. The molecule has 6 rings (SSSR count). The van der Waals surface area contributed by atoms with E-state index >= 15 is 0 Å². The number of imidazole rings is 1. The normalized spacial score (nSPS) is 11.3. The van der Waals surface area contributed by atoms with Gasteiger partial charge in [0.1, 0.15) is 17.0 Å². The van der Waals surface area contributed by atoms with Gasteiger partial charge in [0.25, 0.3) is 0 Å². The van der Waals surface area contributed by atoms with Crippen LogP contribution in [0.5, 0.6) is 0 Å². The summed E-state index contributed by atoms with van der Waals surface area (Å²) in [5.41, 5.74) is 6.31. The smallest absolute Gasteiger partial charge is 0.224 e. The predicted molar refractivity (Wildman–Crippen MR) is 139 cm³/mol. The molecule has 5 heterocycles. The van der Waals surface area contributed by atoms with E-state index in [0.29, 0.717) is 40.5 Å². The van der Waals surface area contributed by atoms with E-state index in [4.69, 9.17) is 4.98 Å². The summed E-state index contributed by atoms with van der Waals surface area (Å²) in [5.74, 6) is 0.191. The molecule has 0 saturated heterocycles. The Kier molecular flexibility index (Phi) is 5.61. The third kappa shape index (κ3) is 4.29. The van der Waals surface area contributed by atoms with Gasteiger partial charge in [0.15, 0.2) is 11.5 Å². The topological polar surface area (TPSA) is 125 Å². The maximum Gasteiger partial charge on any atom is 0.224 e. The minimum atomic E-state index is -0.311. The Labute approximate surface area is 210 Å². The van der Waals surface area contributed by atoms with Gasteiger partial charge in [-0.05, 0) is 48.9 Å². The van der Waals surface area contributed by atoms with Crippen molar-refractivity contribution in [1.82, 2.24) is 35.1 Å². The second-order valence-electron chi connectivity index (χ2n) is 8.60. The lowest BCUT2D eigenvalue weighted by molar-refractivity contribution is -0.116. The molecule has 1 aromatic carbocycles. The number of anilines is 1. The summed E-state index contributed by atoms with van der Waals surface area (Å²) in [6, 6.07) is 11.8. The molecule has 1 amide bonds. The molecule has 0 saturated carbocycles. The number of pyridine rings is 3. The van der Waals surface area contributed by atoms with E-state index < -0.39 is 0 Å². The predicted octanol–water partition coefficient (Wildman–Crippen LogP) is 5.50. The molecule has 0 spiro atoms. The zero-order valence-electron chi connectivity index (χ0n) is 19.8. The molecule has 0 aliphatic carbocycles. The highest BCUT2D eigenvalue weighted by molar-refractivity contribution is 5.96. The summed E-state index contributed by atoms with van der Waals surface area (Å²) in [6.07, 6.45) is 7.98. The molecule has 0 aliphatic heterocycles. The standard InChI is InChI=1S/C27H21FN8O/c1-2-3-22(37)32-19-10-16(12-29-14-19)17-11-20-24(35-36-26(20)31-13-17)27-33-21-8-9-30-23(25(21)34-27)15-4-6-18(28)7-5-15/h4-14H,2-3H2,1H3,(H,32,37)(H,33,34)(H,31,35,36). The van der Waals surface area contributed by atoms with E-state index in [2.05, 4.69) is 35.5 Å². The number of H-pyrrole nitrogens is 2. The van der Waals surface area contributed by atoms with Crippen LogP contribution in [0.1, 0.15) is 19.8 Å². The lowest BCUT2D eigenvalue weighted by Crippen LogP contribution is -2.10. The molecule has 0 bridgehead atoms. The van der Waals surface area contributed by atoms with Crippen molar-refractivity contribution in [2.24, 2.45) is 0 Å². The third-order valence-corrected chi connectivity index (χ3v) is 5.99. The molecule has 0 fully saturated rings. The van der Waals surface area contributed by atoms with Crippen molar-refractivity contribution in [3.63, 3.8) is 0 Å². The van der Waals surface area contributed by atoms with Crippen molar-refractivity contribution in [1.29, 1.82) is 0 Å². The lowest BCUT2D eigenvalue weighted by Gasteiger charge is -2.07. The fraction of sp³-hybridized carbons (Fsp3) is 0.111. The maximum absolute atomic E-state index is 13.4. The van der Waals surface area contributed by atoms with Gasteiger partial charge in [-0.25, -0.2) is 14.4 Å². The molecule has 5 aromatic heterocycles. The van der Waals surface area contributed by atoms with Crippen LogP contribution in [0.15, 0.2) is 67.3 Å². The molecule has 0 aliphatic rings. The van der Waals surface area contributed by atoms with Crippen molar-refractivity contribution in [2.45, 2.75) is 19.8 Å². The number of aromatic nitrogens is 7. The Morgan fingerprint density at radius 3 is 2.65 bits per heavy atom. The summed E-state index contributed by atoms with van der Waals surface area (Å²) in [4.78, 5) is 33.4. The fourth-order valence-corrected chi connectivity index (χ4v) is 4.23. The van der Waals surface area contributed by atoms with Crippen molar-refractivity contribution in [2.75, 3.05) is 5.32 Å². The maximum atomic E-state index is 13.4. The Hall–Kier alpha value is -4.99. The monoisotopic (exact) mass is 492 g/mol. The number of amides is 1. The summed E-state index contributed by atoms with van der Waals surface area (Å²) in [7, 11) is 0. The number of carbonyl (C=O) groups excluding carboxylic acids is 1. The van der Waals surface area contributed by atoms with Crippen LogP contribution in [0.25, 0.3) is 56.0 Å². The van der Waals surface area contributed by atoms with Crippen LogP contribution < -0.4 is 5.32 Å². The van der Waals surface area contributed by atoms with Gasteiger partial charge in [0.2, 0.25) is 5.91 Å². The first-order valence-electron chi connectivity index (χ1n) is 11.8. The summed E-state index contributed by atoms with van der Waals surface area (Å²) in [6.45, 7) is 1.96. The van der Waals surface area contributed by atoms with Crippen LogP contribution in [-0.4, -0.2) is 41.0 Å². The van der Waals surface area contributed by atoms with Gasteiger partial charge in [0, 0.05) is 41.7 Å². The van der Waals surface area contributed by atoms with Gasteiger partial charge < -0.3 is 10.3 Å². The number of nitrogens with zero attached hydrogens (tertiary/aromatic N) is 5. The van der Waals surface area contributed by atoms with Crippen LogP contribution in [0.3, 0.4) is 0 Å². The average molecular weight is 493 g/mol. The number of nitrogens with one attached hydrogen (secondary N) is 3. The van der Waals surface area contributed by atoms with E-state index in [1.807, 2.05) is 25.1 Å². The zero-order valence-corrected chi connectivity index (χ0v) is 19.8. The molecule has 6 aromatic rings. The van der Waals surface area contributed by atoms with Gasteiger partial charge in [0.05, 0.1) is 28.5 Å². The van der Waals surface area contributed by atoms with Crippen molar-refractivity contribution in [3.8, 4) is 33.9 Å². The molecule has 10 heteroatoms. The number of halogens is 1. The number of aromatic amines is 2. The molecular weight excluding hydrogens is 471 g/mol. The summed E-state index contributed by atoms with van der Waals surface area (Å²) < 4.78 is 13.4. The fourth-order valence-electron chi connectivity index (χ4n) is 4.23. The van der Waals surface area contributed by atoms with E-state index in [1.54, 1.807) is 36.9 Å². The van der Waals surface area contributed by atoms with Crippen molar-refractivity contribution < 1.29 is 9.18 Å². The van der Waals surface area contributed by atoms with Gasteiger partial charge in [-0.15, -0.1) is 0 Å². The molecule has 0 radical (unpaired) electrons. The number of fused-ring (bicyclic) bond motifs is 2. The number of hydrogen-bond acceptors (Lipinski definition) is 6. The molecule has 3 N–H and O–H groups in total. The summed E-state index contributed by atoms with van der Waals surface area (Å²) >= 11 is 0. The Morgan fingerprint density at radius 2 is 1.81 bits per heavy atom. The van der Waals surface area contributed by atoms with Crippen LogP contribution in [0.4, 0.5) is 10.1 Å². The average Bonchev–Trinajstić information content (AvgIpc) is 3.53. The van der Waals surface area contributed by atoms with Crippen molar-refractivity contribution in [3.05, 3.63) is 73.1 Å². The van der Waals surface area contributed by atoms with E-state index in [-0.39, 0.29) is 11.7 Å². The first kappa shape index (κ1) is 22.5. The van der Waals surface area contributed by atoms with E-state index in [9.17, 15) is 9.18 Å². The molecule has 0 unspecified atom stereocenters. The van der Waals surface area contributed by atoms with Gasteiger partial charge in [-0.2, -0.15) is 5.10 Å². The third-order valence-electron chi connectivity index (χ3n) is 5.99. The Morgan fingerprint density at radius 1 is 0.973 bits per heavy atom. The second-order valence-corrected chi connectivity index (χ2v) is 8.60. The number of carbonyl (C=O) groups is 1. The number of hydrogen-bond donors (Lipinski definition) is 3. The van der Waals surface area contributed by atoms with Crippen LogP contribution >= 0.6 is 0 Å². The van der Waals surface area contributed by atoms with Crippen LogP contribution in [-0.2, 0) is 4.79 Å². The van der Waals surface area contributed by atoms with Crippen LogP contribution in [0, 0.1) is 5.82 Å². The Balaban J connectivity index is 1.40. The quantitative estimate of drug-likeness (QED) is 0.282. The highest BCUT2D eigenvalue weighted by Crippen LogP contribution is 2.32. The largest absolute Gasteiger partial charge is 0.336 e. The number of rotatable bonds is 6. The van der Waals surface area contributed by atoms with Crippen LogP contribution in [0.2, 0.25) is 0 Å². The Bertz CT molecular complexity index is 1760. The lowest BCUT2D eigenvalue weighted by atomic mass is 10.1. The molecule has 9 nitrogen and oxygen atoms in total. The SMILES string of the molecule is CCCC(=O)Nc1cncc(-c2cnc3[nH]nc(-c4nc5c(-c6ccc(F)cc6)nccc5[nH]4)c3c2)c1. The second kappa shape index (κ2) is 9.23. The van der Waals surface area contributed by atoms with Gasteiger partial charge >= 0.3 is 0 Å². The number of benzene rings is 1. The minimum absolute atomic E-state index is 0.0495. The van der Waals surface area contributed by atoms with E-state index in [1.165, 1.54) is 12.1 Å². The highest BCUT2D eigenvalue weighted by Gasteiger charge is 2.17. The van der Waals surface area contributed by atoms with Gasteiger partial charge in [-0.3, -0.25) is 19.9 Å². The summed E-state index contributed by atoms with van der Waals surface area (Å²) in [5, 5.41) is 11.1. The highest BCUT2D eigenvalue weighted by atomic mass is 19.1. The first-order valence-corrected chi connectivity index (χ1v) is 11.8. The van der Waals surface area contributed by atoms with Crippen molar-refractivity contribution >= 4 is 33.7 Å². The minimum Gasteiger partial charge on any atom is -0.336 e. The molecular formula is C27H21FN8O. The molecule has 37 heavy (non-hydrogen) atoms. The van der Waals surface area contributed by atoms with Gasteiger partial charge in [-0.1, -0.05) is 6.92 Å². The van der Waals surface area contributed by atoms with E-state index in [0.717, 1.165) is 34.0 Å². The molecule has 0 atom stereocenters. The zero-order chi connectivity index (χ0) is 25.4.